The molecule has 2 amide bonds. The van der Waals surface area contributed by atoms with Crippen molar-refractivity contribution in [2.75, 3.05) is 6.54 Å². The van der Waals surface area contributed by atoms with Gasteiger partial charge in [-0.2, -0.15) is 5.26 Å². The van der Waals surface area contributed by atoms with Crippen LogP contribution in [0.15, 0.2) is 65.5 Å². The van der Waals surface area contributed by atoms with Crippen LogP contribution in [0.3, 0.4) is 0 Å². The lowest BCUT2D eigenvalue weighted by Crippen LogP contribution is -2.41. The zero-order valence-electron chi connectivity index (χ0n) is 19.1. The molecular formula is C27H20N4O5. The van der Waals surface area contributed by atoms with Crippen LogP contribution in [-0.4, -0.2) is 38.8 Å². The zero-order valence-corrected chi connectivity index (χ0v) is 19.1. The van der Waals surface area contributed by atoms with E-state index in [0.717, 1.165) is 10.3 Å². The van der Waals surface area contributed by atoms with Crippen molar-refractivity contribution in [3.05, 3.63) is 88.0 Å². The van der Waals surface area contributed by atoms with Gasteiger partial charge in [-0.25, -0.2) is 4.98 Å². The molecule has 4 aromatic rings. The van der Waals surface area contributed by atoms with Gasteiger partial charge in [-0.15, -0.1) is 0 Å². The van der Waals surface area contributed by atoms with Gasteiger partial charge in [-0.3, -0.25) is 28.6 Å². The minimum atomic E-state index is -0.569. The number of hydrogen-bond donors (Lipinski definition) is 0. The van der Waals surface area contributed by atoms with E-state index in [9.17, 15) is 19.2 Å². The Kier molecular flexibility index (Phi) is 6.00. The number of aromatic nitrogens is 2. The average Bonchev–Trinajstić information content (AvgIpc) is 2.89. The molecule has 0 saturated carbocycles. The van der Waals surface area contributed by atoms with Gasteiger partial charge in [0, 0.05) is 29.5 Å². The first kappa shape index (κ1) is 22.9. The third-order valence-electron chi connectivity index (χ3n) is 6.15. The molecule has 1 aromatic heterocycles. The second-order valence-electron chi connectivity index (χ2n) is 8.33. The Morgan fingerprint density at radius 1 is 0.944 bits per heavy atom. The summed E-state index contributed by atoms with van der Waals surface area (Å²) >= 11 is 0. The Hall–Kier alpha value is -4.84. The van der Waals surface area contributed by atoms with E-state index in [0.29, 0.717) is 27.4 Å². The maximum atomic E-state index is 13.0. The van der Waals surface area contributed by atoms with Gasteiger partial charge in [-0.1, -0.05) is 36.4 Å². The fourth-order valence-electron chi connectivity index (χ4n) is 4.44. The predicted molar refractivity (Wildman–Crippen MR) is 130 cm³/mol. The number of nitrogens with zero attached hydrogens (tertiary/aromatic N) is 4. The van der Waals surface area contributed by atoms with Crippen LogP contribution in [0.1, 0.15) is 39.4 Å². The largest absolute Gasteiger partial charge is 0.458 e. The van der Waals surface area contributed by atoms with Gasteiger partial charge in [0.1, 0.15) is 13.2 Å². The van der Waals surface area contributed by atoms with Crippen LogP contribution in [0, 0.1) is 11.3 Å². The molecule has 0 unspecified atom stereocenters. The van der Waals surface area contributed by atoms with Gasteiger partial charge in [-0.05, 0) is 36.1 Å². The Morgan fingerprint density at radius 3 is 2.33 bits per heavy atom. The van der Waals surface area contributed by atoms with Crippen LogP contribution >= 0.6 is 0 Å². The number of fused-ring (bicyclic) bond motifs is 1. The van der Waals surface area contributed by atoms with Gasteiger partial charge >= 0.3 is 5.97 Å². The summed E-state index contributed by atoms with van der Waals surface area (Å²) < 4.78 is 6.49. The van der Waals surface area contributed by atoms with E-state index in [1.165, 1.54) is 4.57 Å². The Bertz CT molecular complexity index is 1600. The van der Waals surface area contributed by atoms with Crippen molar-refractivity contribution < 1.29 is 19.1 Å². The first-order valence-electron chi connectivity index (χ1n) is 11.4. The molecule has 0 aliphatic carbocycles. The van der Waals surface area contributed by atoms with E-state index in [2.05, 4.69) is 4.98 Å². The summed E-state index contributed by atoms with van der Waals surface area (Å²) in [7, 11) is 0. The molecule has 1 aliphatic rings. The molecule has 2 heterocycles. The third-order valence-corrected chi connectivity index (χ3v) is 6.15. The van der Waals surface area contributed by atoms with Crippen molar-refractivity contribution in [2.45, 2.75) is 26.0 Å². The Morgan fingerprint density at radius 2 is 1.64 bits per heavy atom. The molecule has 36 heavy (non-hydrogen) atoms. The maximum absolute atomic E-state index is 13.0. The van der Waals surface area contributed by atoms with E-state index in [4.69, 9.17) is 10.00 Å². The van der Waals surface area contributed by atoms with Crippen LogP contribution in [0.4, 0.5) is 0 Å². The van der Waals surface area contributed by atoms with Gasteiger partial charge in [0.2, 0.25) is 0 Å². The second-order valence-corrected chi connectivity index (χ2v) is 8.33. The summed E-state index contributed by atoms with van der Waals surface area (Å²) in [5.74, 6) is -1.18. The van der Waals surface area contributed by atoms with Crippen molar-refractivity contribution in [1.82, 2.24) is 14.5 Å². The first-order chi connectivity index (χ1) is 17.5. The molecule has 1 aliphatic heterocycles. The van der Waals surface area contributed by atoms with E-state index in [-0.39, 0.29) is 43.9 Å². The SMILES string of the molecule is N#CCn1c(COC(=O)CCCN2C(=O)c3cccc4cccc(c34)C2=O)nc2ccccc2c1=O. The molecule has 0 bridgehead atoms. The number of carbonyl (C=O) groups is 3. The van der Waals surface area contributed by atoms with E-state index >= 15 is 0 Å². The number of amides is 2. The summed E-state index contributed by atoms with van der Waals surface area (Å²) in [5, 5.41) is 11.0. The lowest BCUT2D eigenvalue weighted by atomic mass is 9.94. The molecule has 0 N–H and O–H groups in total. The van der Waals surface area contributed by atoms with Crippen LogP contribution in [0.5, 0.6) is 0 Å². The molecular weight excluding hydrogens is 460 g/mol. The summed E-state index contributed by atoms with van der Waals surface area (Å²) in [5.41, 5.74) is 0.983. The van der Waals surface area contributed by atoms with E-state index in [1.54, 1.807) is 48.5 Å². The topological polar surface area (TPSA) is 122 Å². The number of hydrogen-bond acceptors (Lipinski definition) is 7. The van der Waals surface area contributed by atoms with Crippen LogP contribution < -0.4 is 5.56 Å². The lowest BCUT2D eigenvalue weighted by molar-refractivity contribution is -0.145. The third kappa shape index (κ3) is 3.99. The first-order valence-corrected chi connectivity index (χ1v) is 11.4. The van der Waals surface area contributed by atoms with Crippen LogP contribution in [0.25, 0.3) is 21.7 Å². The highest BCUT2D eigenvalue weighted by molar-refractivity contribution is 6.25. The molecule has 0 spiro atoms. The highest BCUT2D eigenvalue weighted by Crippen LogP contribution is 2.30. The number of ether oxygens (including phenoxy) is 1. The maximum Gasteiger partial charge on any atom is 0.306 e. The van der Waals surface area contributed by atoms with Crippen molar-refractivity contribution in [3.63, 3.8) is 0 Å². The van der Waals surface area contributed by atoms with Gasteiger partial charge in [0.25, 0.3) is 17.4 Å². The van der Waals surface area contributed by atoms with Crippen molar-refractivity contribution in [1.29, 1.82) is 5.26 Å². The Balaban J connectivity index is 1.24. The summed E-state index contributed by atoms with van der Waals surface area (Å²) in [4.78, 5) is 56.6. The van der Waals surface area contributed by atoms with Crippen LogP contribution in [0.2, 0.25) is 0 Å². The Labute approximate surface area is 205 Å². The number of rotatable bonds is 7. The molecule has 0 saturated heterocycles. The quantitative estimate of drug-likeness (QED) is 0.294. The number of esters is 1. The van der Waals surface area contributed by atoms with Gasteiger partial charge in [0.15, 0.2) is 5.82 Å². The van der Waals surface area contributed by atoms with E-state index in [1.807, 2.05) is 18.2 Å². The van der Waals surface area contributed by atoms with E-state index < -0.39 is 17.8 Å². The van der Waals surface area contributed by atoms with Gasteiger partial charge < -0.3 is 4.74 Å². The highest BCUT2D eigenvalue weighted by Gasteiger charge is 2.32. The number of nitriles is 1. The molecule has 5 rings (SSSR count). The van der Waals surface area contributed by atoms with Crippen molar-refractivity contribution in [3.8, 4) is 6.07 Å². The smallest absolute Gasteiger partial charge is 0.306 e. The summed E-state index contributed by atoms with van der Waals surface area (Å²) in [6.45, 7) is -0.445. The molecule has 0 radical (unpaired) electrons. The summed E-state index contributed by atoms with van der Waals surface area (Å²) in [6, 6.07) is 19.3. The minimum absolute atomic E-state index is 0.0427. The normalized spacial score (nSPS) is 12.7. The van der Waals surface area contributed by atoms with Gasteiger partial charge in [0.05, 0.1) is 17.0 Å². The average molecular weight is 480 g/mol. The number of carbonyl (C=O) groups excluding carboxylic acids is 3. The molecule has 9 nitrogen and oxygen atoms in total. The second kappa shape index (κ2) is 9.43. The fourth-order valence-corrected chi connectivity index (χ4v) is 4.44. The molecule has 3 aromatic carbocycles. The van der Waals surface area contributed by atoms with Crippen molar-refractivity contribution >= 4 is 39.5 Å². The molecule has 0 atom stereocenters. The standard InChI is InChI=1S/C27H20N4O5/c28-13-15-30-22(29-21-11-2-1-8-18(21)25(30)33)16-36-23(32)12-5-14-31-26(34)19-9-3-6-17-7-4-10-20(24(17)19)27(31)35/h1-4,6-11H,5,12,14-16H2. The lowest BCUT2D eigenvalue weighted by Gasteiger charge is -2.27. The molecule has 0 fully saturated rings. The minimum Gasteiger partial charge on any atom is -0.458 e. The molecule has 9 heteroatoms. The predicted octanol–water partition coefficient (Wildman–Crippen LogP) is 3.19. The number of benzene rings is 3. The monoisotopic (exact) mass is 480 g/mol. The number of imide groups is 1. The highest BCUT2D eigenvalue weighted by atomic mass is 16.5. The van der Waals surface area contributed by atoms with Crippen LogP contribution in [-0.2, 0) is 22.7 Å². The zero-order chi connectivity index (χ0) is 25.2. The fraction of sp³-hybridized carbons (Fsp3) is 0.185. The summed E-state index contributed by atoms with van der Waals surface area (Å²) in [6.07, 6.45) is 0.170. The number of para-hydroxylation sites is 1. The van der Waals surface area contributed by atoms with Crippen molar-refractivity contribution in [2.24, 2.45) is 0 Å². The molecule has 178 valence electrons.